The fourth-order valence-electron chi connectivity index (χ4n) is 1.47. The molecule has 0 saturated heterocycles. The Morgan fingerprint density at radius 3 is 2.75 bits per heavy atom. The number of ketones is 1. The average Bonchev–Trinajstić information content (AvgIpc) is 2.30. The van der Waals surface area contributed by atoms with E-state index in [-0.39, 0.29) is 18.0 Å². The lowest BCUT2D eigenvalue weighted by Crippen LogP contribution is -2.05. The highest BCUT2D eigenvalue weighted by atomic mass is 16.3. The van der Waals surface area contributed by atoms with Crippen molar-refractivity contribution in [2.24, 2.45) is 0 Å². The van der Waals surface area contributed by atoms with Crippen LogP contribution in [0, 0.1) is 0 Å². The molecular formula is C13H11NO2. The summed E-state index contributed by atoms with van der Waals surface area (Å²) in [6, 6.07) is 11.9. The second-order valence-electron chi connectivity index (χ2n) is 3.48. The van der Waals surface area contributed by atoms with E-state index >= 15 is 0 Å². The standard InChI is InChI=1S/C13H11NO2/c15-11-5-3-4-10(8-11)9-13(16)12-6-1-2-7-14-12/h1-8,15H,9H2. The van der Waals surface area contributed by atoms with Crippen molar-refractivity contribution in [3.8, 4) is 5.75 Å². The summed E-state index contributed by atoms with van der Waals surface area (Å²) in [5.41, 5.74) is 1.24. The number of phenolic OH excluding ortho intramolecular Hbond substituents is 1. The highest BCUT2D eigenvalue weighted by molar-refractivity contribution is 5.95. The van der Waals surface area contributed by atoms with Crippen LogP contribution in [0.1, 0.15) is 16.1 Å². The molecule has 0 amide bonds. The van der Waals surface area contributed by atoms with Gasteiger partial charge < -0.3 is 5.11 Å². The fraction of sp³-hybridized carbons (Fsp3) is 0.0769. The number of Topliss-reactive ketones (excluding diaryl/α,β-unsaturated/α-hetero) is 1. The summed E-state index contributed by atoms with van der Waals surface area (Å²) >= 11 is 0. The zero-order valence-corrected chi connectivity index (χ0v) is 8.63. The van der Waals surface area contributed by atoms with Crippen LogP contribution in [-0.2, 0) is 6.42 Å². The molecule has 0 saturated carbocycles. The van der Waals surface area contributed by atoms with Gasteiger partial charge in [-0.3, -0.25) is 9.78 Å². The Kier molecular flexibility index (Phi) is 2.96. The van der Waals surface area contributed by atoms with Crippen LogP contribution >= 0.6 is 0 Å². The largest absolute Gasteiger partial charge is 0.508 e. The number of pyridine rings is 1. The predicted octanol–water partition coefficient (Wildman–Crippen LogP) is 2.21. The minimum absolute atomic E-state index is 0.0498. The van der Waals surface area contributed by atoms with Crippen LogP contribution in [0.5, 0.6) is 5.75 Å². The first-order valence-electron chi connectivity index (χ1n) is 4.98. The molecule has 1 aromatic heterocycles. The van der Waals surface area contributed by atoms with E-state index < -0.39 is 0 Å². The third-order valence-electron chi connectivity index (χ3n) is 2.23. The van der Waals surface area contributed by atoms with Gasteiger partial charge in [0.15, 0.2) is 5.78 Å². The molecule has 0 radical (unpaired) electrons. The van der Waals surface area contributed by atoms with E-state index in [1.54, 1.807) is 48.7 Å². The van der Waals surface area contributed by atoms with E-state index in [0.29, 0.717) is 5.69 Å². The molecule has 1 N–H and O–H groups in total. The van der Waals surface area contributed by atoms with Gasteiger partial charge in [-0.15, -0.1) is 0 Å². The van der Waals surface area contributed by atoms with Gasteiger partial charge in [-0.2, -0.15) is 0 Å². The molecule has 2 rings (SSSR count). The molecule has 1 heterocycles. The van der Waals surface area contributed by atoms with Crippen molar-refractivity contribution in [3.63, 3.8) is 0 Å². The molecule has 80 valence electrons. The van der Waals surface area contributed by atoms with Gasteiger partial charge in [0.1, 0.15) is 11.4 Å². The summed E-state index contributed by atoms with van der Waals surface area (Å²) in [5, 5.41) is 9.27. The lowest BCUT2D eigenvalue weighted by molar-refractivity contribution is 0.0988. The normalized spacial score (nSPS) is 10.0. The molecule has 0 aliphatic carbocycles. The molecule has 1 aromatic carbocycles. The second kappa shape index (κ2) is 4.57. The van der Waals surface area contributed by atoms with E-state index in [2.05, 4.69) is 4.98 Å². The maximum Gasteiger partial charge on any atom is 0.185 e. The number of carbonyl (C=O) groups is 1. The number of benzene rings is 1. The van der Waals surface area contributed by atoms with Gasteiger partial charge in [-0.05, 0) is 29.8 Å². The van der Waals surface area contributed by atoms with Gasteiger partial charge in [-0.25, -0.2) is 0 Å². The summed E-state index contributed by atoms with van der Waals surface area (Å²) in [6.07, 6.45) is 1.85. The molecule has 0 spiro atoms. The Hall–Kier alpha value is -2.16. The van der Waals surface area contributed by atoms with Gasteiger partial charge in [0, 0.05) is 12.6 Å². The molecule has 0 fully saturated rings. The number of carbonyl (C=O) groups excluding carboxylic acids is 1. The first kappa shape index (κ1) is 10.4. The monoisotopic (exact) mass is 213 g/mol. The number of hydrogen-bond acceptors (Lipinski definition) is 3. The molecule has 16 heavy (non-hydrogen) atoms. The van der Waals surface area contributed by atoms with Gasteiger partial charge in [0.2, 0.25) is 0 Å². The summed E-state index contributed by atoms with van der Waals surface area (Å²) in [5.74, 6) is 0.123. The molecule has 3 nitrogen and oxygen atoms in total. The smallest absolute Gasteiger partial charge is 0.185 e. The first-order chi connectivity index (χ1) is 7.75. The summed E-state index contributed by atoms with van der Waals surface area (Å²) in [7, 11) is 0. The van der Waals surface area contributed by atoms with Crippen LogP contribution in [0.2, 0.25) is 0 Å². The Labute approximate surface area is 93.4 Å². The summed E-state index contributed by atoms with van der Waals surface area (Å²) in [4.78, 5) is 15.8. The second-order valence-corrected chi connectivity index (χ2v) is 3.48. The number of phenols is 1. The highest BCUT2D eigenvalue weighted by Crippen LogP contribution is 2.12. The van der Waals surface area contributed by atoms with E-state index in [0.717, 1.165) is 5.56 Å². The Balaban J connectivity index is 2.14. The Morgan fingerprint density at radius 1 is 1.19 bits per heavy atom. The van der Waals surface area contributed by atoms with Crippen molar-refractivity contribution in [2.45, 2.75) is 6.42 Å². The van der Waals surface area contributed by atoms with Crippen molar-refractivity contribution >= 4 is 5.78 Å². The van der Waals surface area contributed by atoms with E-state index in [9.17, 15) is 9.90 Å². The van der Waals surface area contributed by atoms with Gasteiger partial charge >= 0.3 is 0 Å². The molecule has 0 bridgehead atoms. The van der Waals surface area contributed by atoms with Gasteiger partial charge in [0.05, 0.1) is 0 Å². The molecule has 0 unspecified atom stereocenters. The van der Waals surface area contributed by atoms with Crippen LogP contribution in [0.15, 0.2) is 48.7 Å². The fourth-order valence-corrected chi connectivity index (χ4v) is 1.47. The van der Waals surface area contributed by atoms with Gasteiger partial charge in [-0.1, -0.05) is 18.2 Å². The molecule has 0 aliphatic heterocycles. The Bertz CT molecular complexity index is 494. The minimum Gasteiger partial charge on any atom is -0.508 e. The van der Waals surface area contributed by atoms with E-state index in [1.165, 1.54) is 0 Å². The predicted molar refractivity (Wildman–Crippen MR) is 60.4 cm³/mol. The van der Waals surface area contributed by atoms with Crippen LogP contribution in [0.25, 0.3) is 0 Å². The summed E-state index contributed by atoms with van der Waals surface area (Å²) < 4.78 is 0. The van der Waals surface area contributed by atoms with Crippen LogP contribution in [0.3, 0.4) is 0 Å². The van der Waals surface area contributed by atoms with Crippen LogP contribution in [0.4, 0.5) is 0 Å². The lowest BCUT2D eigenvalue weighted by atomic mass is 10.1. The lowest BCUT2D eigenvalue weighted by Gasteiger charge is -2.01. The van der Waals surface area contributed by atoms with Gasteiger partial charge in [0.25, 0.3) is 0 Å². The molecule has 0 aliphatic rings. The van der Waals surface area contributed by atoms with Crippen molar-refractivity contribution in [2.75, 3.05) is 0 Å². The third kappa shape index (κ3) is 2.45. The topological polar surface area (TPSA) is 50.2 Å². The summed E-state index contributed by atoms with van der Waals surface area (Å²) in [6.45, 7) is 0. The average molecular weight is 213 g/mol. The number of aromatic hydroxyl groups is 1. The number of rotatable bonds is 3. The number of aromatic nitrogens is 1. The third-order valence-corrected chi connectivity index (χ3v) is 2.23. The van der Waals surface area contributed by atoms with Crippen molar-refractivity contribution in [1.29, 1.82) is 0 Å². The minimum atomic E-state index is -0.0498. The van der Waals surface area contributed by atoms with Crippen molar-refractivity contribution in [3.05, 3.63) is 59.9 Å². The maximum atomic E-state index is 11.8. The number of hydrogen-bond donors (Lipinski definition) is 1. The quantitative estimate of drug-likeness (QED) is 0.795. The molecule has 0 atom stereocenters. The zero-order chi connectivity index (χ0) is 11.4. The van der Waals surface area contributed by atoms with Crippen molar-refractivity contribution < 1.29 is 9.90 Å². The Morgan fingerprint density at radius 2 is 2.06 bits per heavy atom. The molecule has 2 aromatic rings. The van der Waals surface area contributed by atoms with E-state index in [1.807, 2.05) is 0 Å². The van der Waals surface area contributed by atoms with Crippen molar-refractivity contribution in [1.82, 2.24) is 4.98 Å². The molecule has 3 heteroatoms. The highest BCUT2D eigenvalue weighted by Gasteiger charge is 2.07. The molecular weight excluding hydrogens is 202 g/mol. The maximum absolute atomic E-state index is 11.8. The van der Waals surface area contributed by atoms with E-state index in [4.69, 9.17) is 0 Å². The SMILES string of the molecule is O=C(Cc1cccc(O)c1)c1ccccn1. The first-order valence-corrected chi connectivity index (χ1v) is 4.98. The van der Waals surface area contributed by atoms with Crippen LogP contribution < -0.4 is 0 Å². The zero-order valence-electron chi connectivity index (χ0n) is 8.63. The number of nitrogens with zero attached hydrogens (tertiary/aromatic N) is 1. The van der Waals surface area contributed by atoms with Crippen LogP contribution in [-0.4, -0.2) is 15.9 Å².